The topological polar surface area (TPSA) is 97.6 Å². The minimum atomic E-state index is -0.622. The number of nitriles is 1. The predicted octanol–water partition coefficient (Wildman–Crippen LogP) is 1.39. The summed E-state index contributed by atoms with van der Waals surface area (Å²) >= 11 is 0. The summed E-state index contributed by atoms with van der Waals surface area (Å²) in [5.41, 5.74) is 6.42. The molecule has 0 spiro atoms. The van der Waals surface area contributed by atoms with Crippen LogP contribution in [0, 0.1) is 11.3 Å². The fourth-order valence-electron chi connectivity index (χ4n) is 1.94. The average Bonchev–Trinajstić information content (AvgIpc) is 2.95. The molecule has 96 valence electrons. The molecule has 6 heteroatoms. The van der Waals surface area contributed by atoms with E-state index in [0.717, 1.165) is 10.9 Å². The first-order chi connectivity index (χ1) is 9.69. The molecule has 0 fully saturated rings. The summed E-state index contributed by atoms with van der Waals surface area (Å²) in [5, 5.41) is 14.1. The first kappa shape index (κ1) is 11.9. The molecule has 2 N–H and O–H groups in total. The molecule has 0 aliphatic carbocycles. The number of aromatic nitrogens is 3. The van der Waals surface area contributed by atoms with Crippen LogP contribution in [0.25, 0.3) is 16.7 Å². The Morgan fingerprint density at radius 2 is 2.10 bits per heavy atom. The number of rotatable bonds is 2. The zero-order valence-electron chi connectivity index (χ0n) is 10.3. The summed E-state index contributed by atoms with van der Waals surface area (Å²) in [6, 6.07) is 12.8. The van der Waals surface area contributed by atoms with Crippen molar-refractivity contribution in [2.75, 3.05) is 0 Å². The smallest absolute Gasteiger partial charge is 0.269 e. The Labute approximate surface area is 114 Å². The van der Waals surface area contributed by atoms with Crippen LogP contribution >= 0.6 is 0 Å². The molecule has 0 atom stereocenters. The predicted molar refractivity (Wildman–Crippen MR) is 72.1 cm³/mol. The number of carbonyl (C=O) groups excluding carboxylic acids is 1. The van der Waals surface area contributed by atoms with Crippen molar-refractivity contribution in [2.45, 2.75) is 0 Å². The van der Waals surface area contributed by atoms with Gasteiger partial charge in [-0.05, 0) is 18.2 Å². The third-order valence-corrected chi connectivity index (χ3v) is 2.88. The summed E-state index contributed by atoms with van der Waals surface area (Å²) in [7, 11) is 0. The second-order valence-corrected chi connectivity index (χ2v) is 4.17. The van der Waals surface area contributed by atoms with E-state index in [9.17, 15) is 10.1 Å². The molecule has 6 nitrogen and oxygen atoms in total. The number of para-hydroxylation sites is 1. The SMILES string of the molecule is N#Cc1cc2ccccc2nc1-n1ccc(C(N)=O)n1. The second kappa shape index (κ2) is 4.48. The van der Waals surface area contributed by atoms with Crippen LogP contribution in [0.3, 0.4) is 0 Å². The van der Waals surface area contributed by atoms with Gasteiger partial charge in [0.2, 0.25) is 0 Å². The van der Waals surface area contributed by atoms with Crippen molar-refractivity contribution in [2.24, 2.45) is 5.73 Å². The molecule has 2 heterocycles. The molecule has 0 bridgehead atoms. The van der Waals surface area contributed by atoms with Crippen molar-refractivity contribution in [3.63, 3.8) is 0 Å². The number of nitrogens with two attached hydrogens (primary N) is 1. The number of primary amides is 1. The fraction of sp³-hybridized carbons (Fsp3) is 0. The molecule has 0 unspecified atom stereocenters. The number of hydrogen-bond donors (Lipinski definition) is 1. The van der Waals surface area contributed by atoms with E-state index >= 15 is 0 Å². The molecule has 1 amide bonds. The monoisotopic (exact) mass is 263 g/mol. The maximum atomic E-state index is 11.1. The Hall–Kier alpha value is -3.20. The lowest BCUT2D eigenvalue weighted by Gasteiger charge is -2.05. The van der Waals surface area contributed by atoms with Crippen molar-refractivity contribution >= 4 is 16.8 Å². The zero-order chi connectivity index (χ0) is 14.1. The molecule has 0 saturated carbocycles. The minimum Gasteiger partial charge on any atom is -0.364 e. The van der Waals surface area contributed by atoms with Crippen LogP contribution in [0.1, 0.15) is 16.1 Å². The van der Waals surface area contributed by atoms with Gasteiger partial charge in [-0.25, -0.2) is 9.67 Å². The van der Waals surface area contributed by atoms with Gasteiger partial charge in [0.05, 0.1) is 11.1 Å². The molecule has 0 saturated heterocycles. The van der Waals surface area contributed by atoms with Crippen molar-refractivity contribution < 1.29 is 4.79 Å². The van der Waals surface area contributed by atoms with E-state index in [1.54, 1.807) is 12.3 Å². The normalized spacial score (nSPS) is 10.3. The third kappa shape index (κ3) is 1.87. The molecule has 3 aromatic rings. The van der Waals surface area contributed by atoms with Gasteiger partial charge in [0, 0.05) is 11.6 Å². The standard InChI is InChI=1S/C14H9N5O/c15-8-10-7-9-3-1-2-4-11(9)17-14(10)19-6-5-12(18-19)13(16)20/h1-7H,(H2,16,20). The quantitative estimate of drug-likeness (QED) is 0.755. The van der Waals surface area contributed by atoms with Crippen LogP contribution in [0.2, 0.25) is 0 Å². The number of amides is 1. The Kier molecular flexibility index (Phi) is 2.66. The van der Waals surface area contributed by atoms with Gasteiger partial charge in [-0.15, -0.1) is 0 Å². The van der Waals surface area contributed by atoms with E-state index in [-0.39, 0.29) is 5.69 Å². The number of fused-ring (bicyclic) bond motifs is 1. The van der Waals surface area contributed by atoms with Gasteiger partial charge in [0.25, 0.3) is 5.91 Å². The molecule has 3 rings (SSSR count). The first-order valence-electron chi connectivity index (χ1n) is 5.85. The van der Waals surface area contributed by atoms with Crippen molar-refractivity contribution in [1.29, 1.82) is 5.26 Å². The van der Waals surface area contributed by atoms with Gasteiger partial charge >= 0.3 is 0 Å². The van der Waals surface area contributed by atoms with Crippen LogP contribution in [0.5, 0.6) is 0 Å². The highest BCUT2D eigenvalue weighted by atomic mass is 16.1. The van der Waals surface area contributed by atoms with Crippen LogP contribution in [-0.4, -0.2) is 20.7 Å². The summed E-state index contributed by atoms with van der Waals surface area (Å²) in [6.07, 6.45) is 1.55. The van der Waals surface area contributed by atoms with Crippen LogP contribution < -0.4 is 5.73 Å². The number of benzene rings is 1. The largest absolute Gasteiger partial charge is 0.364 e. The summed E-state index contributed by atoms with van der Waals surface area (Å²) in [5.74, 6) is -0.248. The van der Waals surface area contributed by atoms with Gasteiger partial charge in [-0.2, -0.15) is 10.4 Å². The van der Waals surface area contributed by atoms with Crippen molar-refractivity contribution in [3.05, 3.63) is 53.9 Å². The van der Waals surface area contributed by atoms with Crippen molar-refractivity contribution in [3.8, 4) is 11.9 Å². The molecule has 0 aliphatic heterocycles. The Morgan fingerprint density at radius 3 is 2.80 bits per heavy atom. The molecule has 0 radical (unpaired) electrons. The summed E-state index contributed by atoms with van der Waals surface area (Å²) in [4.78, 5) is 15.5. The maximum Gasteiger partial charge on any atom is 0.269 e. The van der Waals surface area contributed by atoms with Gasteiger partial charge < -0.3 is 5.73 Å². The van der Waals surface area contributed by atoms with E-state index in [4.69, 9.17) is 5.73 Å². The maximum absolute atomic E-state index is 11.1. The zero-order valence-corrected chi connectivity index (χ0v) is 10.3. The Morgan fingerprint density at radius 1 is 1.30 bits per heavy atom. The summed E-state index contributed by atoms with van der Waals surface area (Å²) in [6.45, 7) is 0. The highest BCUT2D eigenvalue weighted by Crippen LogP contribution is 2.18. The lowest BCUT2D eigenvalue weighted by Crippen LogP contribution is -2.12. The molecular weight excluding hydrogens is 254 g/mol. The number of hydrogen-bond acceptors (Lipinski definition) is 4. The van der Waals surface area contributed by atoms with Gasteiger partial charge in [-0.3, -0.25) is 4.79 Å². The molecular formula is C14H9N5O. The molecule has 20 heavy (non-hydrogen) atoms. The number of nitrogens with zero attached hydrogens (tertiary/aromatic N) is 4. The molecule has 0 aliphatic rings. The third-order valence-electron chi connectivity index (χ3n) is 2.88. The van der Waals surface area contributed by atoms with E-state index in [1.807, 2.05) is 24.3 Å². The van der Waals surface area contributed by atoms with Gasteiger partial charge in [-0.1, -0.05) is 18.2 Å². The van der Waals surface area contributed by atoms with Crippen LogP contribution in [0.4, 0.5) is 0 Å². The average molecular weight is 263 g/mol. The van der Waals surface area contributed by atoms with E-state index in [2.05, 4.69) is 16.2 Å². The Balaban J connectivity index is 2.23. The van der Waals surface area contributed by atoms with Gasteiger partial charge in [0.1, 0.15) is 11.8 Å². The molecule has 1 aromatic carbocycles. The summed E-state index contributed by atoms with van der Waals surface area (Å²) < 4.78 is 1.38. The van der Waals surface area contributed by atoms with E-state index in [0.29, 0.717) is 11.4 Å². The molecule has 2 aromatic heterocycles. The highest BCUT2D eigenvalue weighted by Gasteiger charge is 2.12. The highest BCUT2D eigenvalue weighted by molar-refractivity contribution is 5.90. The van der Waals surface area contributed by atoms with E-state index < -0.39 is 5.91 Å². The Bertz CT molecular complexity index is 859. The van der Waals surface area contributed by atoms with Crippen LogP contribution in [0.15, 0.2) is 42.6 Å². The van der Waals surface area contributed by atoms with Crippen molar-refractivity contribution in [1.82, 2.24) is 14.8 Å². The lowest BCUT2D eigenvalue weighted by molar-refractivity contribution is 0.0995. The minimum absolute atomic E-state index is 0.129. The lowest BCUT2D eigenvalue weighted by atomic mass is 10.1. The first-order valence-corrected chi connectivity index (χ1v) is 5.85. The van der Waals surface area contributed by atoms with Crippen LogP contribution in [-0.2, 0) is 0 Å². The fourth-order valence-corrected chi connectivity index (χ4v) is 1.94. The van der Waals surface area contributed by atoms with E-state index in [1.165, 1.54) is 10.7 Å². The number of carbonyl (C=O) groups is 1. The number of pyridine rings is 1. The second-order valence-electron chi connectivity index (χ2n) is 4.17. The van der Waals surface area contributed by atoms with Gasteiger partial charge in [0.15, 0.2) is 5.82 Å².